The van der Waals surface area contributed by atoms with Gasteiger partial charge in [0, 0.05) is 19.5 Å². The minimum atomic E-state index is -0.751. The molecule has 0 bridgehead atoms. The Kier molecular flexibility index (Phi) is 9.72. The van der Waals surface area contributed by atoms with Crippen molar-refractivity contribution < 1.29 is 14.3 Å². The van der Waals surface area contributed by atoms with Crippen molar-refractivity contribution in [1.29, 1.82) is 0 Å². The summed E-state index contributed by atoms with van der Waals surface area (Å²) in [5.41, 5.74) is 7.26. The fourth-order valence-corrected chi connectivity index (χ4v) is 2.86. The Bertz CT molecular complexity index is 748. The highest BCUT2D eigenvalue weighted by molar-refractivity contribution is 5.88. The van der Waals surface area contributed by atoms with E-state index in [1.807, 2.05) is 42.5 Å². The quantitative estimate of drug-likeness (QED) is 0.480. The SMILES string of the molecule is CCCCCC(=O)N[C@H](C(=O)NCCN)c1ccc(OCc2ccccc2)cc1. The van der Waals surface area contributed by atoms with Crippen LogP contribution in [0, 0.1) is 0 Å². The molecule has 6 nitrogen and oxygen atoms in total. The molecule has 1 atom stereocenters. The number of benzene rings is 2. The Hall–Kier alpha value is -2.86. The van der Waals surface area contributed by atoms with Crippen LogP contribution >= 0.6 is 0 Å². The van der Waals surface area contributed by atoms with E-state index in [9.17, 15) is 9.59 Å². The second kappa shape index (κ2) is 12.6. The van der Waals surface area contributed by atoms with Crippen LogP contribution in [0.3, 0.4) is 0 Å². The van der Waals surface area contributed by atoms with Crippen LogP contribution in [-0.4, -0.2) is 24.9 Å². The van der Waals surface area contributed by atoms with Gasteiger partial charge in [0.2, 0.25) is 11.8 Å². The third-order valence-corrected chi connectivity index (χ3v) is 4.48. The van der Waals surface area contributed by atoms with Crippen LogP contribution < -0.4 is 21.1 Å². The molecular weight excluding hydrogens is 366 g/mol. The highest BCUT2D eigenvalue weighted by Gasteiger charge is 2.22. The van der Waals surface area contributed by atoms with E-state index in [0.717, 1.165) is 24.8 Å². The molecule has 2 rings (SSSR count). The molecule has 0 fully saturated rings. The van der Waals surface area contributed by atoms with Gasteiger partial charge in [0.1, 0.15) is 18.4 Å². The molecular formula is C23H31N3O3. The van der Waals surface area contributed by atoms with E-state index in [2.05, 4.69) is 17.6 Å². The van der Waals surface area contributed by atoms with Gasteiger partial charge in [0.05, 0.1) is 0 Å². The molecule has 2 aromatic rings. The molecule has 0 aromatic heterocycles. The minimum absolute atomic E-state index is 0.129. The van der Waals surface area contributed by atoms with Crippen LogP contribution in [0.1, 0.15) is 49.8 Å². The minimum Gasteiger partial charge on any atom is -0.489 e. The molecule has 0 unspecified atom stereocenters. The highest BCUT2D eigenvalue weighted by atomic mass is 16.5. The number of nitrogens with two attached hydrogens (primary N) is 1. The summed E-state index contributed by atoms with van der Waals surface area (Å²) >= 11 is 0. The summed E-state index contributed by atoms with van der Waals surface area (Å²) in [5.74, 6) is 0.306. The maximum atomic E-state index is 12.6. The summed E-state index contributed by atoms with van der Waals surface area (Å²) < 4.78 is 5.79. The molecule has 0 aliphatic carbocycles. The largest absolute Gasteiger partial charge is 0.489 e. The number of hydrogen-bond donors (Lipinski definition) is 3. The fraction of sp³-hybridized carbons (Fsp3) is 0.391. The van der Waals surface area contributed by atoms with Crippen LogP contribution in [0.2, 0.25) is 0 Å². The van der Waals surface area contributed by atoms with E-state index in [1.165, 1.54) is 0 Å². The van der Waals surface area contributed by atoms with Gasteiger partial charge in [-0.05, 0) is 29.7 Å². The Balaban J connectivity index is 2.02. The van der Waals surface area contributed by atoms with Gasteiger partial charge in [-0.3, -0.25) is 9.59 Å². The zero-order chi connectivity index (χ0) is 20.9. The first kappa shape index (κ1) is 22.4. The van der Waals surface area contributed by atoms with Gasteiger partial charge in [-0.2, -0.15) is 0 Å². The summed E-state index contributed by atoms with van der Waals surface area (Å²) in [6.45, 7) is 3.26. The Labute approximate surface area is 172 Å². The van der Waals surface area contributed by atoms with Crippen molar-refractivity contribution in [3.8, 4) is 5.75 Å². The van der Waals surface area contributed by atoms with E-state index < -0.39 is 6.04 Å². The first-order valence-corrected chi connectivity index (χ1v) is 10.2. The molecule has 156 valence electrons. The Morgan fingerprint density at radius 3 is 2.41 bits per heavy atom. The number of hydrogen-bond acceptors (Lipinski definition) is 4. The van der Waals surface area contributed by atoms with Crippen LogP contribution in [-0.2, 0) is 16.2 Å². The second-order valence-electron chi connectivity index (χ2n) is 6.88. The number of carbonyl (C=O) groups excluding carboxylic acids is 2. The topological polar surface area (TPSA) is 93.5 Å². The van der Waals surface area contributed by atoms with Crippen molar-refractivity contribution in [3.63, 3.8) is 0 Å². The van der Waals surface area contributed by atoms with E-state index in [4.69, 9.17) is 10.5 Å². The molecule has 2 aromatic carbocycles. The first-order valence-electron chi connectivity index (χ1n) is 10.2. The summed E-state index contributed by atoms with van der Waals surface area (Å²) in [7, 11) is 0. The smallest absolute Gasteiger partial charge is 0.247 e. The molecule has 2 amide bonds. The molecule has 6 heteroatoms. The first-order chi connectivity index (χ1) is 14.1. The third-order valence-electron chi connectivity index (χ3n) is 4.48. The van der Waals surface area contributed by atoms with Crippen LogP contribution in [0.4, 0.5) is 0 Å². The van der Waals surface area contributed by atoms with Crippen molar-refractivity contribution in [2.24, 2.45) is 5.73 Å². The van der Waals surface area contributed by atoms with E-state index in [1.54, 1.807) is 12.1 Å². The van der Waals surface area contributed by atoms with Crippen molar-refractivity contribution in [2.75, 3.05) is 13.1 Å². The van der Waals surface area contributed by atoms with E-state index >= 15 is 0 Å². The van der Waals surface area contributed by atoms with Gasteiger partial charge >= 0.3 is 0 Å². The predicted molar refractivity (Wildman–Crippen MR) is 114 cm³/mol. The number of carbonyl (C=O) groups is 2. The molecule has 29 heavy (non-hydrogen) atoms. The van der Waals surface area contributed by atoms with Crippen molar-refractivity contribution in [2.45, 2.75) is 45.3 Å². The predicted octanol–water partition coefficient (Wildman–Crippen LogP) is 3.08. The van der Waals surface area contributed by atoms with Crippen molar-refractivity contribution >= 4 is 11.8 Å². The molecule has 0 saturated carbocycles. The fourth-order valence-electron chi connectivity index (χ4n) is 2.86. The van der Waals surface area contributed by atoms with Gasteiger partial charge in [-0.25, -0.2) is 0 Å². The number of rotatable bonds is 12. The van der Waals surface area contributed by atoms with Crippen molar-refractivity contribution in [1.82, 2.24) is 10.6 Å². The zero-order valence-corrected chi connectivity index (χ0v) is 17.0. The summed E-state index contributed by atoms with van der Waals surface area (Å²) in [6, 6.07) is 16.4. The average Bonchev–Trinajstić information content (AvgIpc) is 2.76. The van der Waals surface area contributed by atoms with Crippen LogP contribution in [0.15, 0.2) is 54.6 Å². The lowest BCUT2D eigenvalue weighted by atomic mass is 10.0. The number of unbranched alkanes of at least 4 members (excludes halogenated alkanes) is 2. The summed E-state index contributed by atoms with van der Waals surface area (Å²) in [5, 5.41) is 5.60. The van der Waals surface area contributed by atoms with Crippen LogP contribution in [0.25, 0.3) is 0 Å². The van der Waals surface area contributed by atoms with Gasteiger partial charge < -0.3 is 21.1 Å². The van der Waals surface area contributed by atoms with Gasteiger partial charge in [0.25, 0.3) is 0 Å². The number of ether oxygens (including phenoxy) is 1. The second-order valence-corrected chi connectivity index (χ2v) is 6.88. The lowest BCUT2D eigenvalue weighted by Crippen LogP contribution is -2.41. The molecule has 0 heterocycles. The van der Waals surface area contributed by atoms with Crippen molar-refractivity contribution in [3.05, 3.63) is 65.7 Å². The Morgan fingerprint density at radius 1 is 1.03 bits per heavy atom. The number of amides is 2. The van der Waals surface area contributed by atoms with E-state index in [-0.39, 0.29) is 11.8 Å². The molecule has 4 N–H and O–H groups in total. The highest BCUT2D eigenvalue weighted by Crippen LogP contribution is 2.20. The van der Waals surface area contributed by atoms with Gasteiger partial charge in [0.15, 0.2) is 0 Å². The number of nitrogens with one attached hydrogen (secondary N) is 2. The molecule has 0 aliphatic heterocycles. The third kappa shape index (κ3) is 7.95. The maximum Gasteiger partial charge on any atom is 0.247 e. The van der Waals surface area contributed by atoms with Gasteiger partial charge in [-0.15, -0.1) is 0 Å². The monoisotopic (exact) mass is 397 g/mol. The standard InChI is InChI=1S/C23H31N3O3/c1-2-3-5-10-21(27)26-22(23(28)25-16-15-24)19-11-13-20(14-12-19)29-17-18-8-6-4-7-9-18/h4,6-9,11-14,22H,2-3,5,10,15-17,24H2,1H3,(H,25,28)(H,26,27)/t22-/m0/s1. The Morgan fingerprint density at radius 2 is 1.76 bits per heavy atom. The summed E-state index contributed by atoms with van der Waals surface area (Å²) in [4.78, 5) is 24.8. The molecule has 0 aliphatic rings. The molecule has 0 spiro atoms. The zero-order valence-electron chi connectivity index (χ0n) is 17.0. The molecule has 0 saturated heterocycles. The maximum absolute atomic E-state index is 12.6. The lowest BCUT2D eigenvalue weighted by Gasteiger charge is -2.19. The van der Waals surface area contributed by atoms with Gasteiger partial charge in [-0.1, -0.05) is 62.2 Å². The average molecular weight is 398 g/mol. The lowest BCUT2D eigenvalue weighted by molar-refractivity contribution is -0.129. The molecule has 0 radical (unpaired) electrons. The summed E-state index contributed by atoms with van der Waals surface area (Å²) in [6.07, 6.45) is 3.25. The van der Waals surface area contributed by atoms with Crippen LogP contribution in [0.5, 0.6) is 5.75 Å². The van der Waals surface area contributed by atoms with E-state index in [0.29, 0.717) is 37.4 Å². The normalized spacial score (nSPS) is 11.5.